The van der Waals surface area contributed by atoms with E-state index in [1.165, 1.54) is 56.9 Å². The van der Waals surface area contributed by atoms with Gasteiger partial charge in [0, 0.05) is 5.33 Å². The Balaban J connectivity index is 2.09. The highest BCUT2D eigenvalue weighted by atomic mass is 79.9. The van der Waals surface area contributed by atoms with Gasteiger partial charge in [0.05, 0.1) is 0 Å². The minimum absolute atomic E-state index is 0.715. The normalized spacial score (nSPS) is 12.3. The molecule has 1 aromatic rings. The van der Waals surface area contributed by atoms with Gasteiger partial charge in [0.1, 0.15) is 0 Å². The summed E-state index contributed by atoms with van der Waals surface area (Å²) in [4.78, 5) is 0. The molecule has 0 radical (unpaired) electrons. The van der Waals surface area contributed by atoms with Crippen LogP contribution in [0.1, 0.15) is 50.5 Å². The van der Waals surface area contributed by atoms with Gasteiger partial charge in [0.15, 0.2) is 0 Å². The van der Waals surface area contributed by atoms with E-state index in [9.17, 15) is 0 Å². The number of hydrogen-bond donors (Lipinski definition) is 0. The van der Waals surface area contributed by atoms with E-state index in [0.717, 1.165) is 5.33 Å². The van der Waals surface area contributed by atoms with E-state index in [4.69, 9.17) is 0 Å². The summed E-state index contributed by atoms with van der Waals surface area (Å²) in [6, 6.07) is 10.8. The van der Waals surface area contributed by atoms with Crippen LogP contribution < -0.4 is 0 Å². The summed E-state index contributed by atoms with van der Waals surface area (Å²) < 4.78 is 0. The maximum absolute atomic E-state index is 3.99. The third-order valence-electron chi connectivity index (χ3n) is 3.68. The lowest BCUT2D eigenvalue weighted by molar-refractivity contribution is 0.488. The first-order valence-electron chi connectivity index (χ1n) is 7.59. The van der Waals surface area contributed by atoms with Gasteiger partial charge in [-0.1, -0.05) is 71.6 Å². The largest absolute Gasteiger partial charge is 0.103 e. The highest BCUT2D eigenvalue weighted by molar-refractivity contribution is 9.09. The first kappa shape index (κ1) is 16.5. The molecule has 0 N–H and O–H groups in total. The van der Waals surface area contributed by atoms with Crippen LogP contribution in [0.15, 0.2) is 43.0 Å². The van der Waals surface area contributed by atoms with Crippen LogP contribution in [0.5, 0.6) is 0 Å². The highest BCUT2D eigenvalue weighted by Crippen LogP contribution is 2.18. The molecule has 1 heteroatoms. The number of unbranched alkanes of at least 4 members (excludes halogenated alkanes) is 3. The average molecular weight is 323 g/mol. The molecule has 0 fully saturated rings. The summed E-state index contributed by atoms with van der Waals surface area (Å²) in [5.74, 6) is 0.715. The van der Waals surface area contributed by atoms with Crippen molar-refractivity contribution in [2.75, 3.05) is 5.33 Å². The molecule has 106 valence electrons. The summed E-state index contributed by atoms with van der Waals surface area (Å²) in [7, 11) is 0. The van der Waals surface area contributed by atoms with Crippen LogP contribution in [0, 0.1) is 5.92 Å². The second kappa shape index (κ2) is 11.3. The lowest BCUT2D eigenvalue weighted by Gasteiger charge is -2.12. The zero-order chi connectivity index (χ0) is 13.8. The van der Waals surface area contributed by atoms with Gasteiger partial charge in [-0.3, -0.25) is 0 Å². The van der Waals surface area contributed by atoms with E-state index < -0.39 is 0 Å². The van der Waals surface area contributed by atoms with Gasteiger partial charge in [-0.05, 0) is 43.6 Å². The summed E-state index contributed by atoms with van der Waals surface area (Å²) in [5, 5.41) is 1.15. The van der Waals surface area contributed by atoms with E-state index in [1.54, 1.807) is 0 Å². The van der Waals surface area contributed by atoms with Crippen LogP contribution in [0.4, 0.5) is 0 Å². The molecule has 0 aromatic heterocycles. The summed E-state index contributed by atoms with van der Waals surface area (Å²) >= 11 is 3.48. The molecule has 1 unspecified atom stereocenters. The number of rotatable bonds is 11. The van der Waals surface area contributed by atoms with Gasteiger partial charge in [0.2, 0.25) is 0 Å². The molecule has 19 heavy (non-hydrogen) atoms. The minimum atomic E-state index is 0.715. The Hall–Kier alpha value is -0.560. The van der Waals surface area contributed by atoms with Crippen molar-refractivity contribution in [3.8, 4) is 0 Å². The number of allylic oxidation sites excluding steroid dienone is 1. The Labute approximate surface area is 127 Å². The zero-order valence-corrected chi connectivity index (χ0v) is 13.6. The van der Waals surface area contributed by atoms with Crippen molar-refractivity contribution in [3.05, 3.63) is 48.6 Å². The Morgan fingerprint density at radius 2 is 1.63 bits per heavy atom. The second-order valence-corrected chi connectivity index (χ2v) is 6.06. The zero-order valence-electron chi connectivity index (χ0n) is 12.0. The standard InChI is InChI=1S/C18H27Br/c1-2-17(11-6-3-4-9-16-19)14-10-15-18-12-7-5-8-13-18/h2,5,7-8,12-13,17H,1,3-4,6,9-11,14-16H2. The average Bonchev–Trinajstić information content (AvgIpc) is 2.46. The monoisotopic (exact) mass is 322 g/mol. The van der Waals surface area contributed by atoms with Crippen molar-refractivity contribution < 1.29 is 0 Å². The highest BCUT2D eigenvalue weighted by Gasteiger charge is 2.04. The molecule has 0 saturated carbocycles. The number of halogens is 1. The number of hydrogen-bond acceptors (Lipinski definition) is 0. The predicted molar refractivity (Wildman–Crippen MR) is 89.9 cm³/mol. The van der Waals surface area contributed by atoms with Gasteiger partial charge < -0.3 is 0 Å². The molecule has 0 spiro atoms. The fourth-order valence-electron chi connectivity index (χ4n) is 2.45. The number of aryl methyl sites for hydroxylation is 1. The van der Waals surface area contributed by atoms with Crippen molar-refractivity contribution >= 4 is 15.9 Å². The first-order valence-corrected chi connectivity index (χ1v) is 8.71. The van der Waals surface area contributed by atoms with E-state index in [2.05, 4.69) is 58.9 Å². The Morgan fingerprint density at radius 1 is 0.947 bits per heavy atom. The van der Waals surface area contributed by atoms with Crippen molar-refractivity contribution in [1.29, 1.82) is 0 Å². The maximum atomic E-state index is 3.99. The van der Waals surface area contributed by atoms with Crippen LogP contribution in [0.3, 0.4) is 0 Å². The molecular formula is C18H27Br. The van der Waals surface area contributed by atoms with Crippen LogP contribution in [0.2, 0.25) is 0 Å². The maximum Gasteiger partial charge on any atom is 0.00313 e. The van der Waals surface area contributed by atoms with Crippen LogP contribution in [-0.2, 0) is 6.42 Å². The third-order valence-corrected chi connectivity index (χ3v) is 4.24. The van der Waals surface area contributed by atoms with Crippen molar-refractivity contribution in [2.24, 2.45) is 5.92 Å². The van der Waals surface area contributed by atoms with Crippen LogP contribution in [0.25, 0.3) is 0 Å². The fourth-order valence-corrected chi connectivity index (χ4v) is 2.84. The van der Waals surface area contributed by atoms with Crippen molar-refractivity contribution in [3.63, 3.8) is 0 Å². The topological polar surface area (TPSA) is 0 Å². The molecule has 0 aliphatic rings. The minimum Gasteiger partial charge on any atom is -0.103 e. The number of alkyl halides is 1. The predicted octanol–water partition coefficient (Wildman–Crippen LogP) is 6.16. The molecule has 0 aliphatic carbocycles. The summed E-state index contributed by atoms with van der Waals surface area (Å²) in [6.07, 6.45) is 12.7. The molecule has 0 nitrogen and oxygen atoms in total. The smallest absolute Gasteiger partial charge is 0.00313 e. The van der Waals surface area contributed by atoms with E-state index in [1.807, 2.05) is 0 Å². The lowest BCUT2D eigenvalue weighted by Crippen LogP contribution is -1.98. The Bertz CT molecular complexity index is 318. The molecular weight excluding hydrogens is 296 g/mol. The van der Waals surface area contributed by atoms with Gasteiger partial charge in [-0.25, -0.2) is 0 Å². The molecule has 1 rings (SSSR count). The van der Waals surface area contributed by atoms with Gasteiger partial charge >= 0.3 is 0 Å². The quantitative estimate of drug-likeness (QED) is 0.260. The third kappa shape index (κ3) is 8.26. The summed E-state index contributed by atoms with van der Waals surface area (Å²) in [6.45, 7) is 3.99. The van der Waals surface area contributed by atoms with Crippen LogP contribution >= 0.6 is 15.9 Å². The van der Waals surface area contributed by atoms with Crippen LogP contribution in [-0.4, -0.2) is 5.33 Å². The lowest BCUT2D eigenvalue weighted by atomic mass is 9.94. The van der Waals surface area contributed by atoms with Gasteiger partial charge in [-0.2, -0.15) is 0 Å². The molecule has 1 atom stereocenters. The fraction of sp³-hybridized carbons (Fsp3) is 0.556. The molecule has 0 aliphatic heterocycles. The number of benzene rings is 1. The Morgan fingerprint density at radius 3 is 2.32 bits per heavy atom. The molecule has 0 amide bonds. The van der Waals surface area contributed by atoms with Gasteiger partial charge in [0.25, 0.3) is 0 Å². The SMILES string of the molecule is C=CC(CCCCCCBr)CCCc1ccccc1. The molecule has 0 bridgehead atoms. The van der Waals surface area contributed by atoms with E-state index in [-0.39, 0.29) is 0 Å². The summed E-state index contributed by atoms with van der Waals surface area (Å²) in [5.41, 5.74) is 1.46. The van der Waals surface area contributed by atoms with E-state index >= 15 is 0 Å². The van der Waals surface area contributed by atoms with Gasteiger partial charge in [-0.15, -0.1) is 6.58 Å². The molecule has 0 saturated heterocycles. The Kier molecular flexibility index (Phi) is 9.79. The van der Waals surface area contributed by atoms with E-state index in [0.29, 0.717) is 5.92 Å². The first-order chi connectivity index (χ1) is 9.36. The molecule has 0 heterocycles. The second-order valence-electron chi connectivity index (χ2n) is 5.27. The molecule has 1 aromatic carbocycles. The van der Waals surface area contributed by atoms with Crippen molar-refractivity contribution in [1.82, 2.24) is 0 Å². The van der Waals surface area contributed by atoms with Crippen molar-refractivity contribution in [2.45, 2.75) is 51.4 Å².